The first-order valence-corrected chi connectivity index (χ1v) is 9.05. The molecule has 4 rings (SSSR count). The SMILES string of the molecule is CC(C)N1CC2CC1CN2CC(C)N1CC2CCC1C2N. The van der Waals surface area contributed by atoms with Crippen molar-refractivity contribution in [2.75, 3.05) is 26.2 Å². The van der Waals surface area contributed by atoms with Gasteiger partial charge in [0.05, 0.1) is 0 Å². The quantitative estimate of drug-likeness (QED) is 0.837. The van der Waals surface area contributed by atoms with Crippen molar-refractivity contribution in [2.45, 2.75) is 76.3 Å². The fourth-order valence-electron chi connectivity index (χ4n) is 5.68. The smallest absolute Gasteiger partial charge is 0.0254 e. The Hall–Kier alpha value is -0.160. The first kappa shape index (κ1) is 14.4. The van der Waals surface area contributed by atoms with Crippen molar-refractivity contribution in [3.63, 3.8) is 0 Å². The minimum absolute atomic E-state index is 0.457. The molecule has 3 heterocycles. The molecule has 0 aromatic rings. The minimum Gasteiger partial charge on any atom is -0.326 e. The molecule has 3 saturated heterocycles. The summed E-state index contributed by atoms with van der Waals surface area (Å²) in [6.07, 6.45) is 4.10. The monoisotopic (exact) mass is 292 g/mol. The highest BCUT2D eigenvalue weighted by atomic mass is 15.4. The van der Waals surface area contributed by atoms with E-state index in [0.29, 0.717) is 24.2 Å². The van der Waals surface area contributed by atoms with Gasteiger partial charge in [-0.2, -0.15) is 0 Å². The Bertz CT molecular complexity index is 398. The van der Waals surface area contributed by atoms with Gasteiger partial charge in [-0.15, -0.1) is 0 Å². The number of piperazine rings is 1. The Labute approximate surface area is 129 Å². The maximum atomic E-state index is 6.37. The standard InChI is InChI=1S/C17H32N4/c1-11(2)20-10-14-6-15(20)9-19(14)7-12(3)21-8-13-4-5-16(21)17(13)18/h11-17H,4-10,18H2,1-3H3. The second kappa shape index (κ2) is 5.19. The molecule has 6 atom stereocenters. The Balaban J connectivity index is 1.34. The summed E-state index contributed by atoms with van der Waals surface area (Å²) >= 11 is 0. The molecule has 0 aromatic carbocycles. The van der Waals surface area contributed by atoms with Crippen LogP contribution in [0.5, 0.6) is 0 Å². The zero-order chi connectivity index (χ0) is 14.7. The topological polar surface area (TPSA) is 35.7 Å². The van der Waals surface area contributed by atoms with Gasteiger partial charge in [-0.05, 0) is 46.0 Å². The van der Waals surface area contributed by atoms with E-state index in [2.05, 4.69) is 35.5 Å². The predicted molar refractivity (Wildman–Crippen MR) is 86.3 cm³/mol. The van der Waals surface area contributed by atoms with Gasteiger partial charge in [-0.3, -0.25) is 14.7 Å². The van der Waals surface area contributed by atoms with Gasteiger partial charge in [0, 0.05) is 62.4 Å². The van der Waals surface area contributed by atoms with Gasteiger partial charge in [0.15, 0.2) is 0 Å². The van der Waals surface area contributed by atoms with Crippen LogP contribution in [0.25, 0.3) is 0 Å². The molecule has 0 spiro atoms. The number of fused-ring (bicyclic) bond motifs is 4. The van der Waals surface area contributed by atoms with Gasteiger partial charge >= 0.3 is 0 Å². The Kier molecular flexibility index (Phi) is 3.57. The molecule has 4 aliphatic rings. The van der Waals surface area contributed by atoms with Gasteiger partial charge in [-0.1, -0.05) is 0 Å². The van der Waals surface area contributed by atoms with E-state index in [4.69, 9.17) is 5.73 Å². The number of likely N-dealkylation sites (tertiary alicyclic amines) is 3. The van der Waals surface area contributed by atoms with E-state index in [1.54, 1.807) is 0 Å². The lowest BCUT2D eigenvalue weighted by molar-refractivity contribution is 0.0677. The molecule has 3 aliphatic heterocycles. The maximum absolute atomic E-state index is 6.37. The second-order valence-electron chi connectivity index (χ2n) is 8.32. The molecule has 0 amide bonds. The molecule has 4 nitrogen and oxygen atoms in total. The van der Waals surface area contributed by atoms with Gasteiger partial charge in [0.25, 0.3) is 0 Å². The minimum atomic E-state index is 0.457. The van der Waals surface area contributed by atoms with Crippen molar-refractivity contribution >= 4 is 0 Å². The van der Waals surface area contributed by atoms with Crippen LogP contribution >= 0.6 is 0 Å². The van der Waals surface area contributed by atoms with Gasteiger partial charge in [0.2, 0.25) is 0 Å². The number of nitrogens with two attached hydrogens (primary N) is 1. The van der Waals surface area contributed by atoms with Gasteiger partial charge in [-0.25, -0.2) is 0 Å². The highest BCUT2D eigenvalue weighted by Gasteiger charge is 2.48. The normalized spacial score (nSPS) is 45.3. The van der Waals surface area contributed by atoms with Crippen LogP contribution < -0.4 is 5.73 Å². The molecule has 4 heteroatoms. The van der Waals surface area contributed by atoms with Crippen molar-refractivity contribution in [3.05, 3.63) is 0 Å². The molecule has 0 aromatic heterocycles. The molecule has 120 valence electrons. The second-order valence-corrected chi connectivity index (χ2v) is 8.32. The maximum Gasteiger partial charge on any atom is 0.0254 e. The highest BCUT2D eigenvalue weighted by molar-refractivity contribution is 5.05. The fourth-order valence-corrected chi connectivity index (χ4v) is 5.68. The molecule has 4 fully saturated rings. The fraction of sp³-hybridized carbons (Fsp3) is 1.00. The van der Waals surface area contributed by atoms with Crippen LogP contribution in [0.3, 0.4) is 0 Å². The Morgan fingerprint density at radius 3 is 2.33 bits per heavy atom. The summed E-state index contributed by atoms with van der Waals surface area (Å²) < 4.78 is 0. The molecular formula is C17H32N4. The third-order valence-corrected chi connectivity index (χ3v) is 6.82. The van der Waals surface area contributed by atoms with E-state index in [1.807, 2.05) is 0 Å². The molecular weight excluding hydrogens is 260 g/mol. The number of piperidine rings is 1. The summed E-state index contributed by atoms with van der Waals surface area (Å²) in [6.45, 7) is 12.2. The number of hydrogen-bond acceptors (Lipinski definition) is 4. The summed E-state index contributed by atoms with van der Waals surface area (Å²) in [5.74, 6) is 0.781. The summed E-state index contributed by atoms with van der Waals surface area (Å²) in [5.41, 5.74) is 6.37. The Morgan fingerprint density at radius 2 is 1.81 bits per heavy atom. The largest absolute Gasteiger partial charge is 0.326 e. The highest BCUT2D eigenvalue weighted by Crippen LogP contribution is 2.39. The lowest BCUT2D eigenvalue weighted by Gasteiger charge is -2.40. The van der Waals surface area contributed by atoms with E-state index in [1.165, 1.54) is 45.4 Å². The van der Waals surface area contributed by atoms with Crippen molar-refractivity contribution in [2.24, 2.45) is 11.7 Å². The Morgan fingerprint density at radius 1 is 1.00 bits per heavy atom. The van der Waals surface area contributed by atoms with E-state index < -0.39 is 0 Å². The number of rotatable bonds is 4. The molecule has 1 saturated carbocycles. The van der Waals surface area contributed by atoms with Crippen LogP contribution in [0.15, 0.2) is 0 Å². The number of nitrogens with zero attached hydrogens (tertiary/aromatic N) is 3. The molecule has 1 aliphatic carbocycles. The molecule has 4 bridgehead atoms. The average molecular weight is 292 g/mol. The van der Waals surface area contributed by atoms with E-state index in [9.17, 15) is 0 Å². The first-order valence-electron chi connectivity index (χ1n) is 9.05. The van der Waals surface area contributed by atoms with Crippen LogP contribution in [-0.2, 0) is 0 Å². The summed E-state index contributed by atoms with van der Waals surface area (Å²) in [5, 5.41) is 0. The van der Waals surface area contributed by atoms with Crippen molar-refractivity contribution in [1.29, 1.82) is 0 Å². The van der Waals surface area contributed by atoms with Crippen LogP contribution in [0, 0.1) is 5.92 Å². The lowest BCUT2D eigenvalue weighted by Crippen LogP contribution is -2.53. The molecule has 0 radical (unpaired) electrons. The van der Waals surface area contributed by atoms with E-state index in [0.717, 1.165) is 18.0 Å². The van der Waals surface area contributed by atoms with Crippen LogP contribution in [0.4, 0.5) is 0 Å². The predicted octanol–water partition coefficient (Wildman–Crippen LogP) is 0.963. The third-order valence-electron chi connectivity index (χ3n) is 6.82. The average Bonchev–Trinajstić information content (AvgIpc) is 3.19. The summed E-state index contributed by atoms with van der Waals surface area (Å²) in [6, 6.07) is 4.16. The number of hydrogen-bond donors (Lipinski definition) is 1. The molecule has 2 N–H and O–H groups in total. The van der Waals surface area contributed by atoms with Crippen LogP contribution in [-0.4, -0.2) is 77.1 Å². The summed E-state index contributed by atoms with van der Waals surface area (Å²) in [7, 11) is 0. The van der Waals surface area contributed by atoms with Crippen molar-refractivity contribution < 1.29 is 0 Å². The van der Waals surface area contributed by atoms with Gasteiger partial charge < -0.3 is 5.73 Å². The van der Waals surface area contributed by atoms with Crippen LogP contribution in [0.1, 0.15) is 40.0 Å². The zero-order valence-corrected chi connectivity index (χ0v) is 13.9. The van der Waals surface area contributed by atoms with E-state index in [-0.39, 0.29) is 0 Å². The van der Waals surface area contributed by atoms with Gasteiger partial charge in [0.1, 0.15) is 0 Å². The van der Waals surface area contributed by atoms with E-state index >= 15 is 0 Å². The first-order chi connectivity index (χ1) is 10.0. The van der Waals surface area contributed by atoms with Crippen molar-refractivity contribution in [3.8, 4) is 0 Å². The van der Waals surface area contributed by atoms with Crippen molar-refractivity contribution in [1.82, 2.24) is 14.7 Å². The third kappa shape index (κ3) is 2.26. The summed E-state index contributed by atoms with van der Waals surface area (Å²) in [4.78, 5) is 8.20. The molecule has 21 heavy (non-hydrogen) atoms. The lowest BCUT2D eigenvalue weighted by atomic mass is 10.1. The molecule has 6 unspecified atom stereocenters. The van der Waals surface area contributed by atoms with Crippen LogP contribution in [0.2, 0.25) is 0 Å². The zero-order valence-electron chi connectivity index (χ0n) is 13.9.